The van der Waals surface area contributed by atoms with Crippen molar-refractivity contribution >= 4 is 41.1 Å². The van der Waals surface area contributed by atoms with Gasteiger partial charge in [-0.15, -0.1) is 0 Å². The van der Waals surface area contributed by atoms with Gasteiger partial charge < -0.3 is 30.3 Å². The number of anilines is 4. The third kappa shape index (κ3) is 8.34. The predicted molar refractivity (Wildman–Crippen MR) is 153 cm³/mol. The first-order valence-corrected chi connectivity index (χ1v) is 13.2. The number of carboxylic acids is 1. The number of carbonyl (C=O) groups is 3. The van der Waals surface area contributed by atoms with E-state index in [1.165, 1.54) is 0 Å². The van der Waals surface area contributed by atoms with Crippen molar-refractivity contribution in [3.63, 3.8) is 0 Å². The van der Waals surface area contributed by atoms with Gasteiger partial charge in [0.15, 0.2) is 0 Å². The summed E-state index contributed by atoms with van der Waals surface area (Å²) in [5.74, 6) is -0.605. The number of carboxylic acid groups (broad SMARTS) is 1. The standard InChI is InChI=1S/C28H34N8O5/c1-18(13-25(37)38)26(39)32-20-15-21(33-22(16-20)34-23-17-29-7-8-30-23)19-5-6-31-24(14-19)35-9-11-36(12-10-35)27(40)41-28(2,3)4/h5-8,14-18H,9-13H2,1-4H3,(H,37,38)(H2,30,32,33,34,39)/t18-/m1/s1. The molecule has 13 nitrogen and oxygen atoms in total. The van der Waals surface area contributed by atoms with Crippen LogP contribution < -0.4 is 15.5 Å². The molecule has 216 valence electrons. The molecule has 4 rings (SSSR count). The van der Waals surface area contributed by atoms with E-state index in [0.29, 0.717) is 49.2 Å². The van der Waals surface area contributed by atoms with Gasteiger partial charge in [0.1, 0.15) is 23.1 Å². The van der Waals surface area contributed by atoms with E-state index in [9.17, 15) is 14.4 Å². The number of nitrogens with zero attached hydrogens (tertiary/aromatic N) is 6. The van der Waals surface area contributed by atoms with Gasteiger partial charge in [-0.25, -0.2) is 19.7 Å². The van der Waals surface area contributed by atoms with E-state index in [1.807, 2.05) is 32.9 Å². The van der Waals surface area contributed by atoms with Crippen molar-refractivity contribution in [1.29, 1.82) is 0 Å². The van der Waals surface area contributed by atoms with Crippen LogP contribution in [0.15, 0.2) is 49.1 Å². The van der Waals surface area contributed by atoms with Gasteiger partial charge in [-0.3, -0.25) is 14.6 Å². The van der Waals surface area contributed by atoms with E-state index in [-0.39, 0.29) is 12.5 Å². The Hall–Kier alpha value is -4.81. The molecule has 0 unspecified atom stereocenters. The summed E-state index contributed by atoms with van der Waals surface area (Å²) < 4.78 is 5.49. The predicted octanol–water partition coefficient (Wildman–Crippen LogP) is 3.78. The van der Waals surface area contributed by atoms with Gasteiger partial charge in [0.25, 0.3) is 0 Å². The zero-order valence-electron chi connectivity index (χ0n) is 23.5. The van der Waals surface area contributed by atoms with Gasteiger partial charge >= 0.3 is 12.1 Å². The summed E-state index contributed by atoms with van der Waals surface area (Å²) in [4.78, 5) is 57.5. The minimum atomic E-state index is -1.05. The number of carbonyl (C=O) groups excluding carboxylic acids is 2. The highest BCUT2D eigenvalue weighted by atomic mass is 16.6. The van der Waals surface area contributed by atoms with Gasteiger partial charge in [-0.2, -0.15) is 0 Å². The van der Waals surface area contributed by atoms with Crippen molar-refractivity contribution < 1.29 is 24.2 Å². The lowest BCUT2D eigenvalue weighted by molar-refractivity contribution is -0.139. The van der Waals surface area contributed by atoms with Crippen LogP contribution in [0.2, 0.25) is 0 Å². The SMILES string of the molecule is C[C@H](CC(=O)O)C(=O)Nc1cc(Nc2cnccn2)nc(-c2ccnc(N3CCN(C(=O)OC(C)(C)C)CC3)c2)c1. The second kappa shape index (κ2) is 12.6. The number of aromatic nitrogens is 4. The van der Waals surface area contributed by atoms with E-state index in [4.69, 9.17) is 14.8 Å². The molecule has 3 aromatic rings. The smallest absolute Gasteiger partial charge is 0.410 e. The van der Waals surface area contributed by atoms with E-state index in [0.717, 1.165) is 11.4 Å². The molecule has 3 N–H and O–H groups in total. The third-order valence-electron chi connectivity index (χ3n) is 6.14. The summed E-state index contributed by atoms with van der Waals surface area (Å²) in [6.07, 6.45) is 5.70. The fraction of sp³-hybridized carbons (Fsp3) is 0.393. The second-order valence-electron chi connectivity index (χ2n) is 10.7. The Morgan fingerprint density at radius 3 is 2.44 bits per heavy atom. The van der Waals surface area contributed by atoms with Gasteiger partial charge in [0.2, 0.25) is 5.91 Å². The summed E-state index contributed by atoms with van der Waals surface area (Å²) in [7, 11) is 0. The molecular formula is C28H34N8O5. The molecule has 2 amide bonds. The summed E-state index contributed by atoms with van der Waals surface area (Å²) in [5.41, 5.74) is 1.19. The Bertz CT molecular complexity index is 1390. The molecule has 1 aliphatic heterocycles. The zero-order valence-corrected chi connectivity index (χ0v) is 23.5. The van der Waals surface area contributed by atoms with Crippen molar-refractivity contribution in [2.75, 3.05) is 41.7 Å². The van der Waals surface area contributed by atoms with Gasteiger partial charge in [0.05, 0.1) is 18.3 Å². The minimum Gasteiger partial charge on any atom is -0.481 e. The number of pyridine rings is 2. The van der Waals surface area contributed by atoms with E-state index in [2.05, 4.69) is 30.5 Å². The fourth-order valence-corrected chi connectivity index (χ4v) is 4.12. The van der Waals surface area contributed by atoms with E-state index >= 15 is 0 Å². The molecule has 0 aromatic carbocycles. The lowest BCUT2D eigenvalue weighted by Gasteiger charge is -2.36. The number of aliphatic carboxylic acids is 1. The highest BCUT2D eigenvalue weighted by Gasteiger charge is 2.26. The average molecular weight is 563 g/mol. The van der Waals surface area contributed by atoms with Crippen LogP contribution in [0.25, 0.3) is 11.3 Å². The van der Waals surface area contributed by atoms with Crippen molar-refractivity contribution in [2.45, 2.75) is 39.7 Å². The van der Waals surface area contributed by atoms with Crippen LogP contribution in [0.3, 0.4) is 0 Å². The van der Waals surface area contributed by atoms with E-state index in [1.54, 1.807) is 48.7 Å². The monoisotopic (exact) mass is 562 g/mol. The molecule has 1 fully saturated rings. The maximum Gasteiger partial charge on any atom is 0.410 e. The molecule has 1 atom stereocenters. The normalized spacial score (nSPS) is 14.2. The van der Waals surface area contributed by atoms with E-state index < -0.39 is 23.4 Å². The summed E-state index contributed by atoms with van der Waals surface area (Å²) in [6, 6.07) is 7.07. The lowest BCUT2D eigenvalue weighted by atomic mass is 10.1. The summed E-state index contributed by atoms with van der Waals surface area (Å²) >= 11 is 0. The third-order valence-corrected chi connectivity index (χ3v) is 6.14. The summed E-state index contributed by atoms with van der Waals surface area (Å²) in [6.45, 7) is 9.26. The molecule has 1 saturated heterocycles. The molecule has 1 aliphatic rings. The minimum absolute atomic E-state index is 0.288. The number of amides is 2. The average Bonchev–Trinajstić information content (AvgIpc) is 2.92. The molecule has 0 saturated carbocycles. The Kier molecular flexibility index (Phi) is 8.95. The molecule has 13 heteroatoms. The number of hydrogen-bond donors (Lipinski definition) is 3. The van der Waals surface area contributed by atoms with Crippen molar-refractivity contribution in [3.05, 3.63) is 49.1 Å². The van der Waals surface area contributed by atoms with Crippen molar-refractivity contribution in [3.8, 4) is 11.3 Å². The molecule has 0 radical (unpaired) electrons. The van der Waals surface area contributed by atoms with Crippen LogP contribution in [0, 0.1) is 5.92 Å². The number of hydrogen-bond acceptors (Lipinski definition) is 10. The second-order valence-corrected chi connectivity index (χ2v) is 10.7. The van der Waals surface area contributed by atoms with Crippen LogP contribution in [0.5, 0.6) is 0 Å². The Morgan fingerprint density at radius 1 is 1.02 bits per heavy atom. The molecule has 0 aliphatic carbocycles. The molecule has 41 heavy (non-hydrogen) atoms. The van der Waals surface area contributed by atoms with Crippen molar-refractivity contribution in [1.82, 2.24) is 24.8 Å². The molecule has 0 bridgehead atoms. The van der Waals surface area contributed by atoms with Gasteiger partial charge in [-0.1, -0.05) is 6.92 Å². The van der Waals surface area contributed by atoms with Crippen LogP contribution in [0.4, 0.5) is 27.9 Å². The Labute approximate surface area is 238 Å². The first-order valence-electron chi connectivity index (χ1n) is 13.2. The Balaban J connectivity index is 1.56. The highest BCUT2D eigenvalue weighted by Crippen LogP contribution is 2.28. The maximum atomic E-state index is 12.7. The first-order chi connectivity index (χ1) is 19.5. The molecular weight excluding hydrogens is 528 g/mol. The largest absolute Gasteiger partial charge is 0.481 e. The fourth-order valence-electron chi connectivity index (χ4n) is 4.12. The summed E-state index contributed by atoms with van der Waals surface area (Å²) in [5, 5.41) is 15.0. The zero-order chi connectivity index (χ0) is 29.6. The van der Waals surface area contributed by atoms with Crippen LogP contribution in [0.1, 0.15) is 34.1 Å². The van der Waals surface area contributed by atoms with Crippen molar-refractivity contribution in [2.24, 2.45) is 5.92 Å². The van der Waals surface area contributed by atoms with Gasteiger partial charge in [-0.05, 0) is 39.0 Å². The number of piperazine rings is 1. The number of rotatable bonds is 8. The quantitative estimate of drug-likeness (QED) is 0.366. The first kappa shape index (κ1) is 29.2. The number of ether oxygens (including phenoxy) is 1. The van der Waals surface area contributed by atoms with Gasteiger partial charge in [0, 0.05) is 68.0 Å². The van der Waals surface area contributed by atoms with Crippen LogP contribution in [-0.2, 0) is 14.3 Å². The molecule has 0 spiro atoms. The Morgan fingerprint density at radius 2 is 1.78 bits per heavy atom. The molecule has 3 aromatic heterocycles. The lowest BCUT2D eigenvalue weighted by Crippen LogP contribution is -2.50. The van der Waals surface area contributed by atoms with Crippen LogP contribution >= 0.6 is 0 Å². The topological polar surface area (TPSA) is 163 Å². The number of nitrogens with one attached hydrogen (secondary N) is 2. The molecule has 4 heterocycles. The van der Waals surface area contributed by atoms with Crippen LogP contribution in [-0.4, -0.2) is 79.7 Å². The highest BCUT2D eigenvalue weighted by molar-refractivity contribution is 5.95. The maximum absolute atomic E-state index is 12.7.